The third-order valence-electron chi connectivity index (χ3n) is 3.78. The molecule has 1 aromatic heterocycles. The largest absolute Gasteiger partial charge is 0.433 e. The SMILES string of the molecule is C#CCN/C(C#C)=C(\C)c1cc(C)cc(-c2ccc(C(F)(F)F)nc2)c1. The zero-order valence-corrected chi connectivity index (χ0v) is 14.4. The van der Waals surface area contributed by atoms with E-state index in [1.165, 1.54) is 12.3 Å². The Morgan fingerprint density at radius 1 is 1.15 bits per heavy atom. The van der Waals surface area contributed by atoms with Gasteiger partial charge in [-0.3, -0.25) is 4.98 Å². The molecule has 0 saturated carbocycles. The fourth-order valence-electron chi connectivity index (χ4n) is 2.47. The first kappa shape index (κ1) is 19.1. The van der Waals surface area contributed by atoms with Crippen molar-refractivity contribution in [1.29, 1.82) is 0 Å². The molecule has 0 fully saturated rings. The summed E-state index contributed by atoms with van der Waals surface area (Å²) in [4.78, 5) is 3.52. The molecule has 0 unspecified atom stereocenters. The minimum Gasteiger partial charge on any atom is -0.367 e. The van der Waals surface area contributed by atoms with E-state index >= 15 is 0 Å². The van der Waals surface area contributed by atoms with Crippen molar-refractivity contribution < 1.29 is 13.2 Å². The van der Waals surface area contributed by atoms with E-state index in [0.717, 1.165) is 28.3 Å². The summed E-state index contributed by atoms with van der Waals surface area (Å²) in [6.45, 7) is 4.07. The van der Waals surface area contributed by atoms with Crippen molar-refractivity contribution in [3.63, 3.8) is 0 Å². The molecular weight excluding hydrogens is 337 g/mol. The van der Waals surface area contributed by atoms with Gasteiger partial charge in [-0.05, 0) is 48.2 Å². The van der Waals surface area contributed by atoms with Crippen LogP contribution in [0.3, 0.4) is 0 Å². The lowest BCUT2D eigenvalue weighted by molar-refractivity contribution is -0.141. The molecule has 1 heterocycles. The summed E-state index contributed by atoms with van der Waals surface area (Å²) in [5, 5.41) is 2.99. The normalized spacial score (nSPS) is 12.0. The molecule has 0 bridgehead atoms. The zero-order chi connectivity index (χ0) is 19.3. The van der Waals surface area contributed by atoms with Crippen molar-refractivity contribution in [3.8, 4) is 35.8 Å². The Kier molecular flexibility index (Phi) is 5.75. The van der Waals surface area contributed by atoms with Crippen LogP contribution in [0.2, 0.25) is 0 Å². The summed E-state index contributed by atoms with van der Waals surface area (Å²) in [6.07, 6.45) is 7.55. The summed E-state index contributed by atoms with van der Waals surface area (Å²) >= 11 is 0. The fraction of sp³-hybridized carbons (Fsp3) is 0.190. The molecule has 0 aliphatic heterocycles. The van der Waals surface area contributed by atoms with E-state index in [0.29, 0.717) is 17.8 Å². The van der Waals surface area contributed by atoms with E-state index in [-0.39, 0.29) is 0 Å². The zero-order valence-electron chi connectivity index (χ0n) is 14.4. The van der Waals surface area contributed by atoms with Crippen LogP contribution in [0.25, 0.3) is 16.7 Å². The Labute approximate surface area is 151 Å². The molecule has 0 saturated heterocycles. The van der Waals surface area contributed by atoms with Crippen LogP contribution >= 0.6 is 0 Å². The van der Waals surface area contributed by atoms with Gasteiger partial charge in [0.05, 0.1) is 12.2 Å². The third kappa shape index (κ3) is 4.46. The van der Waals surface area contributed by atoms with Crippen LogP contribution in [0, 0.1) is 31.6 Å². The molecule has 5 heteroatoms. The molecule has 0 aliphatic carbocycles. The van der Waals surface area contributed by atoms with Gasteiger partial charge in [0, 0.05) is 11.8 Å². The van der Waals surface area contributed by atoms with Crippen LogP contribution in [0.15, 0.2) is 42.2 Å². The van der Waals surface area contributed by atoms with Crippen LogP contribution in [-0.4, -0.2) is 11.5 Å². The van der Waals surface area contributed by atoms with Crippen molar-refractivity contribution in [2.24, 2.45) is 0 Å². The van der Waals surface area contributed by atoms with E-state index in [2.05, 4.69) is 22.1 Å². The summed E-state index contributed by atoms with van der Waals surface area (Å²) in [5.41, 5.74) is 3.64. The lowest BCUT2D eigenvalue weighted by atomic mass is 9.97. The van der Waals surface area contributed by atoms with E-state index in [1.807, 2.05) is 32.0 Å². The number of terminal acetylenes is 2. The number of alkyl halides is 3. The topological polar surface area (TPSA) is 24.9 Å². The second-order valence-corrected chi connectivity index (χ2v) is 5.72. The molecule has 0 aliphatic rings. The summed E-state index contributed by atoms with van der Waals surface area (Å²) in [7, 11) is 0. The van der Waals surface area contributed by atoms with Gasteiger partial charge >= 0.3 is 6.18 Å². The second kappa shape index (κ2) is 7.80. The number of pyridine rings is 1. The number of hydrogen-bond donors (Lipinski definition) is 1. The number of halogens is 3. The number of aromatic nitrogens is 1. The van der Waals surface area contributed by atoms with Crippen molar-refractivity contribution >= 4 is 5.57 Å². The highest BCUT2D eigenvalue weighted by atomic mass is 19.4. The molecule has 26 heavy (non-hydrogen) atoms. The number of nitrogens with one attached hydrogen (secondary N) is 1. The lowest BCUT2D eigenvalue weighted by Crippen LogP contribution is -2.13. The van der Waals surface area contributed by atoms with E-state index in [9.17, 15) is 13.2 Å². The van der Waals surface area contributed by atoms with Crippen molar-refractivity contribution in [2.45, 2.75) is 20.0 Å². The molecule has 0 radical (unpaired) electrons. The number of allylic oxidation sites excluding steroid dienone is 2. The monoisotopic (exact) mass is 354 g/mol. The maximum absolute atomic E-state index is 12.7. The Bertz CT molecular complexity index is 908. The highest BCUT2D eigenvalue weighted by molar-refractivity contribution is 5.75. The van der Waals surface area contributed by atoms with Crippen LogP contribution in [0.5, 0.6) is 0 Å². The molecule has 1 N–H and O–H groups in total. The quantitative estimate of drug-likeness (QED) is 0.808. The van der Waals surface area contributed by atoms with E-state index in [4.69, 9.17) is 12.8 Å². The highest BCUT2D eigenvalue weighted by Gasteiger charge is 2.32. The average Bonchev–Trinajstić information content (AvgIpc) is 2.61. The van der Waals surface area contributed by atoms with Crippen LogP contribution < -0.4 is 5.32 Å². The van der Waals surface area contributed by atoms with Gasteiger partial charge in [0.15, 0.2) is 0 Å². The third-order valence-corrected chi connectivity index (χ3v) is 3.78. The van der Waals surface area contributed by atoms with Gasteiger partial charge in [0.1, 0.15) is 5.69 Å². The Morgan fingerprint density at radius 3 is 2.42 bits per heavy atom. The molecule has 2 aromatic rings. The minimum atomic E-state index is -4.46. The van der Waals surface area contributed by atoms with Crippen molar-refractivity contribution in [2.75, 3.05) is 6.54 Å². The number of hydrogen-bond acceptors (Lipinski definition) is 2. The predicted octanol–water partition coefficient (Wildman–Crippen LogP) is 4.66. The maximum atomic E-state index is 12.7. The maximum Gasteiger partial charge on any atom is 0.433 e. The summed E-state index contributed by atoms with van der Waals surface area (Å²) in [6, 6.07) is 8.08. The smallest absolute Gasteiger partial charge is 0.367 e. The molecule has 2 nitrogen and oxygen atoms in total. The van der Waals surface area contributed by atoms with Gasteiger partial charge in [0.25, 0.3) is 0 Å². The van der Waals surface area contributed by atoms with Gasteiger partial charge in [-0.25, -0.2) is 0 Å². The molecule has 0 amide bonds. The standard InChI is InChI=1S/C21H17F3N2/c1-5-9-25-19(6-2)15(4)17-10-14(3)11-18(12-17)16-7-8-20(26-13-16)21(22,23)24/h1-2,7-8,10-13,25H,9H2,3-4H3/b19-15+. The number of rotatable bonds is 4. The summed E-state index contributed by atoms with van der Waals surface area (Å²) in [5.74, 6) is 5.04. The van der Waals surface area contributed by atoms with Gasteiger partial charge in [-0.1, -0.05) is 30.0 Å². The molecule has 1 aromatic carbocycles. The van der Waals surface area contributed by atoms with Crippen molar-refractivity contribution in [3.05, 3.63) is 59.0 Å². The molecular formula is C21H17F3N2. The Morgan fingerprint density at radius 2 is 1.88 bits per heavy atom. The average molecular weight is 354 g/mol. The number of benzene rings is 1. The highest BCUT2D eigenvalue weighted by Crippen LogP contribution is 2.30. The number of nitrogens with zero attached hydrogens (tertiary/aromatic N) is 1. The fourth-order valence-corrected chi connectivity index (χ4v) is 2.47. The molecule has 132 valence electrons. The number of aryl methyl sites for hydroxylation is 1. The Hall–Kier alpha value is -3.18. The first-order valence-electron chi connectivity index (χ1n) is 7.76. The minimum absolute atomic E-state index is 0.304. The van der Waals surface area contributed by atoms with Gasteiger partial charge in [-0.15, -0.1) is 12.8 Å². The van der Waals surface area contributed by atoms with Gasteiger partial charge in [0.2, 0.25) is 0 Å². The predicted molar refractivity (Wildman–Crippen MR) is 97.7 cm³/mol. The molecule has 0 spiro atoms. The summed E-state index contributed by atoms with van der Waals surface area (Å²) < 4.78 is 38.0. The van der Waals surface area contributed by atoms with Gasteiger partial charge in [-0.2, -0.15) is 13.2 Å². The first-order chi connectivity index (χ1) is 12.3. The van der Waals surface area contributed by atoms with Gasteiger partial charge < -0.3 is 5.32 Å². The first-order valence-corrected chi connectivity index (χ1v) is 7.76. The lowest BCUT2D eigenvalue weighted by Gasteiger charge is -2.12. The molecule has 2 rings (SSSR count). The van der Waals surface area contributed by atoms with Crippen molar-refractivity contribution in [1.82, 2.24) is 10.3 Å². The van der Waals surface area contributed by atoms with E-state index < -0.39 is 11.9 Å². The van der Waals surface area contributed by atoms with Crippen LogP contribution in [0.1, 0.15) is 23.7 Å². The van der Waals surface area contributed by atoms with E-state index in [1.54, 1.807) is 0 Å². The molecule has 0 atom stereocenters. The Balaban J connectivity index is 2.46. The van der Waals surface area contributed by atoms with Crippen LogP contribution in [0.4, 0.5) is 13.2 Å². The second-order valence-electron chi connectivity index (χ2n) is 5.72. The van der Waals surface area contributed by atoms with Crippen LogP contribution in [-0.2, 0) is 6.18 Å².